The number of phenolic OH excluding ortho intramolecular Hbond substituents is 1. The van der Waals surface area contributed by atoms with Gasteiger partial charge in [-0.2, -0.15) is 0 Å². The molecule has 1 unspecified atom stereocenters. The van der Waals surface area contributed by atoms with Crippen molar-refractivity contribution in [2.24, 2.45) is 0 Å². The number of halogens is 1. The minimum Gasteiger partial charge on any atom is -0.508 e. The summed E-state index contributed by atoms with van der Waals surface area (Å²) < 4.78 is 11.1. The Hall–Kier alpha value is -4.23. The first-order valence-corrected chi connectivity index (χ1v) is 10.7. The van der Waals surface area contributed by atoms with E-state index in [1.165, 1.54) is 30.2 Å². The van der Waals surface area contributed by atoms with Gasteiger partial charge in [-0.1, -0.05) is 35.9 Å². The second kappa shape index (κ2) is 8.28. The number of fused-ring (bicyclic) bond motifs is 1. The number of hydrogen-bond donors (Lipinski definition) is 2. The molecule has 1 amide bonds. The second-order valence-electron chi connectivity index (χ2n) is 7.73. The van der Waals surface area contributed by atoms with Crippen molar-refractivity contribution in [3.8, 4) is 11.5 Å². The molecule has 1 aromatic heterocycles. The maximum Gasteiger partial charge on any atom is 0.294 e. The summed E-state index contributed by atoms with van der Waals surface area (Å²) in [5.74, 6) is -1.73. The number of ether oxygens (including phenoxy) is 1. The lowest BCUT2D eigenvalue weighted by molar-refractivity contribution is -0.117. The molecule has 4 aromatic rings. The quantitative estimate of drug-likeness (QED) is 0.365. The van der Waals surface area contributed by atoms with E-state index >= 15 is 0 Å². The number of para-hydroxylation sites is 2. The summed E-state index contributed by atoms with van der Waals surface area (Å²) in [6.45, 7) is 0. The molecule has 34 heavy (non-hydrogen) atoms. The van der Waals surface area contributed by atoms with Gasteiger partial charge in [0.05, 0.1) is 24.4 Å². The van der Waals surface area contributed by atoms with Gasteiger partial charge in [-0.05, 0) is 54.1 Å². The van der Waals surface area contributed by atoms with Gasteiger partial charge in [0.2, 0.25) is 5.78 Å². The van der Waals surface area contributed by atoms with Crippen LogP contribution in [0, 0.1) is 0 Å². The highest BCUT2D eigenvalue weighted by Crippen LogP contribution is 2.45. The third kappa shape index (κ3) is 3.47. The third-order valence-electron chi connectivity index (χ3n) is 5.71. The topological polar surface area (TPSA) is 100 Å². The zero-order valence-corrected chi connectivity index (χ0v) is 18.6. The van der Waals surface area contributed by atoms with E-state index in [1.54, 1.807) is 54.6 Å². The van der Waals surface area contributed by atoms with E-state index in [9.17, 15) is 19.8 Å². The predicted octanol–water partition coefficient (Wildman–Crippen LogP) is 5.58. The molecule has 2 N–H and O–H groups in total. The number of hydrogen-bond acceptors (Lipinski definition) is 6. The molecule has 170 valence electrons. The number of carbonyl (C=O) groups excluding carboxylic acids is 2. The lowest BCUT2D eigenvalue weighted by Crippen LogP contribution is -2.31. The fourth-order valence-electron chi connectivity index (χ4n) is 4.15. The minimum absolute atomic E-state index is 0.0205. The maximum atomic E-state index is 13.6. The van der Waals surface area contributed by atoms with Crippen molar-refractivity contribution in [1.29, 1.82) is 0 Å². The van der Waals surface area contributed by atoms with Crippen molar-refractivity contribution in [1.82, 2.24) is 0 Å². The van der Waals surface area contributed by atoms with Crippen LogP contribution in [0.2, 0.25) is 5.02 Å². The van der Waals surface area contributed by atoms with Crippen molar-refractivity contribution in [2.45, 2.75) is 6.04 Å². The van der Waals surface area contributed by atoms with Crippen LogP contribution in [0.3, 0.4) is 0 Å². The Kier molecular flexibility index (Phi) is 5.26. The molecule has 0 spiro atoms. The predicted molar refractivity (Wildman–Crippen MR) is 127 cm³/mol. The van der Waals surface area contributed by atoms with Gasteiger partial charge in [-0.3, -0.25) is 14.5 Å². The van der Waals surface area contributed by atoms with Crippen LogP contribution in [0.5, 0.6) is 11.5 Å². The Morgan fingerprint density at radius 3 is 2.50 bits per heavy atom. The molecule has 1 atom stereocenters. The summed E-state index contributed by atoms with van der Waals surface area (Å²) in [5.41, 5.74) is 1.18. The summed E-state index contributed by atoms with van der Waals surface area (Å²) in [4.78, 5) is 28.2. The summed E-state index contributed by atoms with van der Waals surface area (Å²) in [6.07, 6.45) is 0. The SMILES string of the molecule is COc1ccccc1N1C(=O)C(O)=C(C(=O)c2cc3cc(Cl)ccc3o2)C1c1ccc(O)cc1. The van der Waals surface area contributed by atoms with Crippen molar-refractivity contribution in [2.75, 3.05) is 12.0 Å². The largest absolute Gasteiger partial charge is 0.508 e. The number of aliphatic hydroxyl groups excluding tert-OH is 1. The molecule has 5 rings (SSSR count). The number of ketones is 1. The second-order valence-corrected chi connectivity index (χ2v) is 8.16. The number of aliphatic hydroxyl groups is 1. The number of anilines is 1. The Morgan fingerprint density at radius 2 is 1.76 bits per heavy atom. The number of Topliss-reactive ketones (excluding diaryl/α,β-unsaturated/α-hetero) is 1. The summed E-state index contributed by atoms with van der Waals surface area (Å²) in [7, 11) is 1.47. The van der Waals surface area contributed by atoms with Crippen LogP contribution in [0.4, 0.5) is 5.69 Å². The molecule has 0 saturated carbocycles. The molecule has 0 fully saturated rings. The fraction of sp³-hybridized carbons (Fsp3) is 0.0769. The van der Waals surface area contributed by atoms with Crippen LogP contribution < -0.4 is 9.64 Å². The number of amides is 1. The number of nitrogens with zero attached hydrogens (tertiary/aromatic N) is 1. The number of furan rings is 1. The number of methoxy groups -OCH3 is 1. The summed E-state index contributed by atoms with van der Waals surface area (Å²) in [6, 6.07) is 18.3. The Labute approximate surface area is 199 Å². The maximum absolute atomic E-state index is 13.6. The van der Waals surface area contributed by atoms with E-state index in [2.05, 4.69) is 0 Å². The van der Waals surface area contributed by atoms with Gasteiger partial charge in [0.15, 0.2) is 11.5 Å². The van der Waals surface area contributed by atoms with E-state index in [0.717, 1.165) is 0 Å². The Bertz CT molecular complexity index is 1470. The zero-order chi connectivity index (χ0) is 24.0. The van der Waals surface area contributed by atoms with E-state index in [4.69, 9.17) is 20.8 Å². The molecular weight excluding hydrogens is 458 g/mol. The van der Waals surface area contributed by atoms with Crippen molar-refractivity contribution < 1.29 is 29.0 Å². The van der Waals surface area contributed by atoms with E-state index in [-0.39, 0.29) is 17.1 Å². The van der Waals surface area contributed by atoms with Gasteiger partial charge in [-0.15, -0.1) is 0 Å². The van der Waals surface area contributed by atoms with Crippen LogP contribution in [-0.2, 0) is 4.79 Å². The monoisotopic (exact) mass is 475 g/mol. The normalized spacial score (nSPS) is 15.9. The Morgan fingerprint density at radius 1 is 1.03 bits per heavy atom. The molecule has 0 bridgehead atoms. The molecule has 0 aliphatic carbocycles. The number of aromatic hydroxyl groups is 1. The zero-order valence-electron chi connectivity index (χ0n) is 17.9. The van der Waals surface area contributed by atoms with Gasteiger partial charge in [0, 0.05) is 10.4 Å². The van der Waals surface area contributed by atoms with Gasteiger partial charge in [0.1, 0.15) is 17.1 Å². The smallest absolute Gasteiger partial charge is 0.294 e. The minimum atomic E-state index is -0.992. The lowest BCUT2D eigenvalue weighted by Gasteiger charge is -2.28. The van der Waals surface area contributed by atoms with Gasteiger partial charge in [-0.25, -0.2) is 0 Å². The Balaban J connectivity index is 1.68. The van der Waals surface area contributed by atoms with Crippen LogP contribution in [0.25, 0.3) is 11.0 Å². The number of rotatable bonds is 5. The van der Waals surface area contributed by atoms with Crippen LogP contribution >= 0.6 is 11.6 Å². The molecule has 8 heteroatoms. The number of benzene rings is 3. The van der Waals surface area contributed by atoms with E-state index in [0.29, 0.717) is 33.0 Å². The molecule has 3 aromatic carbocycles. The average Bonchev–Trinajstić information content (AvgIpc) is 3.37. The number of phenols is 1. The molecule has 1 aliphatic rings. The fourth-order valence-corrected chi connectivity index (χ4v) is 4.33. The molecule has 0 radical (unpaired) electrons. The highest BCUT2D eigenvalue weighted by atomic mass is 35.5. The first-order chi connectivity index (χ1) is 16.4. The standard InChI is InChI=1S/C26H18ClNO6/c1-33-20-5-3-2-4-18(20)28-23(14-6-9-17(29)10-7-14)22(25(31)26(28)32)24(30)21-13-15-12-16(27)8-11-19(15)34-21/h2-13,23,29,31H,1H3. The van der Waals surface area contributed by atoms with Crippen LogP contribution in [-0.4, -0.2) is 29.0 Å². The molecule has 1 aliphatic heterocycles. The van der Waals surface area contributed by atoms with Crippen molar-refractivity contribution in [3.63, 3.8) is 0 Å². The highest BCUT2D eigenvalue weighted by molar-refractivity contribution is 6.31. The first-order valence-electron chi connectivity index (χ1n) is 10.3. The first kappa shape index (κ1) is 21.6. The molecular formula is C26H18ClNO6. The van der Waals surface area contributed by atoms with Crippen LogP contribution in [0.1, 0.15) is 22.2 Å². The van der Waals surface area contributed by atoms with Crippen LogP contribution in [0.15, 0.2) is 88.5 Å². The molecule has 2 heterocycles. The lowest BCUT2D eigenvalue weighted by atomic mass is 9.94. The van der Waals surface area contributed by atoms with Crippen molar-refractivity contribution >= 4 is 39.9 Å². The average molecular weight is 476 g/mol. The highest BCUT2D eigenvalue weighted by Gasteiger charge is 2.46. The van der Waals surface area contributed by atoms with E-state index < -0.39 is 23.5 Å². The summed E-state index contributed by atoms with van der Waals surface area (Å²) >= 11 is 6.05. The van der Waals surface area contributed by atoms with Crippen molar-refractivity contribution in [3.05, 3.63) is 100 Å². The number of carbonyl (C=O) groups is 2. The third-order valence-corrected chi connectivity index (χ3v) is 5.94. The van der Waals surface area contributed by atoms with Gasteiger partial charge >= 0.3 is 0 Å². The van der Waals surface area contributed by atoms with E-state index in [1.807, 2.05) is 0 Å². The van der Waals surface area contributed by atoms with Gasteiger partial charge in [0.25, 0.3) is 5.91 Å². The van der Waals surface area contributed by atoms with Gasteiger partial charge < -0.3 is 19.4 Å². The molecule has 7 nitrogen and oxygen atoms in total. The summed E-state index contributed by atoms with van der Waals surface area (Å²) in [5, 5.41) is 21.8. The molecule has 0 saturated heterocycles.